The number of Topliss-reactive ketones (excluding diaryl/α,β-unsaturated/α-hetero) is 1. The zero-order chi connectivity index (χ0) is 23.7. The predicted octanol–water partition coefficient (Wildman–Crippen LogP) is 5.81. The first-order chi connectivity index (χ1) is 15.8. The first kappa shape index (κ1) is 22.6. The maximum absolute atomic E-state index is 13.7. The molecule has 0 saturated carbocycles. The molecule has 1 aliphatic rings. The standard InChI is InChI=1S/C26H21ClFNO4/c1-3-33-18-12-13-20(27)19(14-18)24(30)22-23(16-8-10-17(28)11-9-16)29(26(32)25(22)31)21-7-5-4-6-15(21)2/h4-14,23,30H,3H2,1-2H3/b24-22+. The lowest BCUT2D eigenvalue weighted by molar-refractivity contribution is -0.132. The first-order valence-corrected chi connectivity index (χ1v) is 10.8. The Morgan fingerprint density at radius 1 is 1.09 bits per heavy atom. The van der Waals surface area contributed by atoms with Gasteiger partial charge in [0.15, 0.2) is 0 Å². The van der Waals surface area contributed by atoms with E-state index in [-0.39, 0.29) is 16.2 Å². The zero-order valence-electron chi connectivity index (χ0n) is 18.0. The van der Waals surface area contributed by atoms with E-state index < -0.39 is 29.3 Å². The number of amides is 1. The second-order valence-electron chi connectivity index (χ2n) is 7.58. The van der Waals surface area contributed by atoms with Crippen molar-refractivity contribution in [2.45, 2.75) is 19.9 Å². The summed E-state index contributed by atoms with van der Waals surface area (Å²) in [4.78, 5) is 27.8. The third kappa shape index (κ3) is 4.10. The van der Waals surface area contributed by atoms with Gasteiger partial charge in [0.25, 0.3) is 11.7 Å². The van der Waals surface area contributed by atoms with Gasteiger partial charge in [0.05, 0.1) is 23.2 Å². The number of benzene rings is 3. The summed E-state index contributed by atoms with van der Waals surface area (Å²) in [5, 5.41) is 11.5. The molecular weight excluding hydrogens is 445 g/mol. The van der Waals surface area contributed by atoms with Gasteiger partial charge in [0, 0.05) is 11.3 Å². The third-order valence-corrected chi connectivity index (χ3v) is 5.84. The van der Waals surface area contributed by atoms with Crippen molar-refractivity contribution in [2.75, 3.05) is 11.5 Å². The quantitative estimate of drug-likeness (QED) is 0.293. The van der Waals surface area contributed by atoms with Crippen molar-refractivity contribution in [3.05, 3.63) is 99.8 Å². The van der Waals surface area contributed by atoms with Gasteiger partial charge in [-0.1, -0.05) is 41.9 Å². The van der Waals surface area contributed by atoms with Gasteiger partial charge in [0.1, 0.15) is 17.3 Å². The molecule has 1 fully saturated rings. The molecule has 3 aromatic carbocycles. The molecule has 1 N–H and O–H groups in total. The van der Waals surface area contributed by atoms with Crippen molar-refractivity contribution in [2.24, 2.45) is 0 Å². The number of anilines is 1. The highest BCUT2D eigenvalue weighted by atomic mass is 35.5. The number of carbonyl (C=O) groups excluding carboxylic acids is 2. The van der Waals surface area contributed by atoms with E-state index in [1.54, 1.807) is 24.3 Å². The molecule has 4 rings (SSSR count). The summed E-state index contributed by atoms with van der Waals surface area (Å²) < 4.78 is 19.2. The Hall–Kier alpha value is -3.64. The molecule has 0 radical (unpaired) electrons. The number of ether oxygens (including phenoxy) is 1. The zero-order valence-corrected chi connectivity index (χ0v) is 18.8. The molecule has 1 atom stereocenters. The summed E-state index contributed by atoms with van der Waals surface area (Å²) in [5.74, 6) is -2.08. The largest absolute Gasteiger partial charge is 0.507 e. The van der Waals surface area contributed by atoms with Gasteiger partial charge < -0.3 is 9.84 Å². The normalized spacial score (nSPS) is 17.5. The number of aryl methyl sites for hydroxylation is 1. The molecule has 1 saturated heterocycles. The lowest BCUT2D eigenvalue weighted by Crippen LogP contribution is -2.30. The molecule has 0 aromatic heterocycles. The Labute approximate surface area is 195 Å². The number of halogens is 2. The molecule has 0 spiro atoms. The number of carbonyl (C=O) groups is 2. The van der Waals surface area contributed by atoms with Gasteiger partial charge in [-0.25, -0.2) is 4.39 Å². The maximum atomic E-state index is 13.7. The minimum atomic E-state index is -0.974. The van der Waals surface area contributed by atoms with Crippen LogP contribution in [-0.4, -0.2) is 23.4 Å². The number of rotatable bonds is 5. The summed E-state index contributed by atoms with van der Waals surface area (Å²) in [6.45, 7) is 4.03. The topological polar surface area (TPSA) is 66.8 Å². The molecule has 5 nitrogen and oxygen atoms in total. The highest BCUT2D eigenvalue weighted by Gasteiger charge is 2.47. The van der Waals surface area contributed by atoms with Crippen molar-refractivity contribution < 1.29 is 23.8 Å². The Morgan fingerprint density at radius 2 is 1.79 bits per heavy atom. The highest BCUT2D eigenvalue weighted by Crippen LogP contribution is 2.44. The second-order valence-corrected chi connectivity index (χ2v) is 7.99. The van der Waals surface area contributed by atoms with E-state index in [1.807, 2.05) is 26.0 Å². The monoisotopic (exact) mass is 465 g/mol. The molecule has 1 aliphatic heterocycles. The maximum Gasteiger partial charge on any atom is 0.300 e. The molecule has 1 heterocycles. The van der Waals surface area contributed by atoms with E-state index >= 15 is 0 Å². The Morgan fingerprint density at radius 3 is 2.45 bits per heavy atom. The fourth-order valence-electron chi connectivity index (χ4n) is 3.96. The lowest BCUT2D eigenvalue weighted by atomic mass is 9.94. The number of nitrogens with zero attached hydrogens (tertiary/aromatic N) is 1. The summed E-state index contributed by atoms with van der Waals surface area (Å²) in [5.41, 5.74) is 1.78. The van der Waals surface area contributed by atoms with Crippen LogP contribution in [0.5, 0.6) is 5.75 Å². The molecule has 7 heteroatoms. The summed E-state index contributed by atoms with van der Waals surface area (Å²) in [6, 6.07) is 16.3. The van der Waals surface area contributed by atoms with Gasteiger partial charge in [-0.15, -0.1) is 0 Å². The average Bonchev–Trinajstić information content (AvgIpc) is 3.06. The van der Waals surface area contributed by atoms with Crippen LogP contribution >= 0.6 is 11.6 Å². The second kappa shape index (κ2) is 9.08. The van der Waals surface area contributed by atoms with Crippen LogP contribution in [0.15, 0.2) is 72.3 Å². The molecule has 1 unspecified atom stereocenters. The molecule has 33 heavy (non-hydrogen) atoms. The Bertz CT molecular complexity index is 1270. The average molecular weight is 466 g/mol. The van der Waals surface area contributed by atoms with Gasteiger partial charge in [-0.2, -0.15) is 0 Å². The SMILES string of the molecule is CCOc1ccc(Cl)c(/C(O)=C2\C(=O)C(=O)N(c3ccccc3C)C2c2ccc(F)cc2)c1. The molecule has 0 aliphatic carbocycles. The van der Waals surface area contributed by atoms with Crippen LogP contribution in [0, 0.1) is 12.7 Å². The number of para-hydroxylation sites is 1. The van der Waals surface area contributed by atoms with E-state index in [9.17, 15) is 19.1 Å². The Kier molecular flexibility index (Phi) is 6.20. The van der Waals surface area contributed by atoms with E-state index in [0.717, 1.165) is 5.56 Å². The van der Waals surface area contributed by atoms with Gasteiger partial charge in [0.2, 0.25) is 0 Å². The van der Waals surface area contributed by atoms with Gasteiger partial charge in [-0.05, 0) is 61.4 Å². The van der Waals surface area contributed by atoms with E-state index in [4.69, 9.17) is 16.3 Å². The van der Waals surface area contributed by atoms with Crippen LogP contribution < -0.4 is 9.64 Å². The smallest absolute Gasteiger partial charge is 0.300 e. The summed E-state index contributed by atoms with van der Waals surface area (Å²) >= 11 is 6.34. The van der Waals surface area contributed by atoms with Crippen molar-refractivity contribution in [1.82, 2.24) is 0 Å². The predicted molar refractivity (Wildman–Crippen MR) is 125 cm³/mol. The van der Waals surface area contributed by atoms with Crippen LogP contribution in [0.4, 0.5) is 10.1 Å². The van der Waals surface area contributed by atoms with Crippen LogP contribution in [0.25, 0.3) is 5.76 Å². The molecule has 3 aromatic rings. The van der Waals surface area contributed by atoms with E-state index in [0.29, 0.717) is 23.6 Å². The molecular formula is C26H21ClFNO4. The number of hydrogen-bond donors (Lipinski definition) is 1. The van der Waals surface area contributed by atoms with E-state index in [2.05, 4.69) is 0 Å². The van der Waals surface area contributed by atoms with Gasteiger partial charge >= 0.3 is 0 Å². The fourth-order valence-corrected chi connectivity index (χ4v) is 4.17. The van der Waals surface area contributed by atoms with Crippen LogP contribution in [-0.2, 0) is 9.59 Å². The van der Waals surface area contributed by atoms with Crippen LogP contribution in [0.1, 0.15) is 29.7 Å². The molecule has 0 bridgehead atoms. The van der Waals surface area contributed by atoms with Crippen LogP contribution in [0.2, 0.25) is 5.02 Å². The van der Waals surface area contributed by atoms with Crippen molar-refractivity contribution in [3.8, 4) is 5.75 Å². The number of aliphatic hydroxyl groups excluding tert-OH is 1. The van der Waals surface area contributed by atoms with Crippen molar-refractivity contribution in [1.29, 1.82) is 0 Å². The van der Waals surface area contributed by atoms with Crippen molar-refractivity contribution in [3.63, 3.8) is 0 Å². The third-order valence-electron chi connectivity index (χ3n) is 5.51. The number of ketones is 1. The van der Waals surface area contributed by atoms with Crippen LogP contribution in [0.3, 0.4) is 0 Å². The fraction of sp³-hybridized carbons (Fsp3) is 0.154. The highest BCUT2D eigenvalue weighted by molar-refractivity contribution is 6.52. The summed E-state index contributed by atoms with van der Waals surface area (Å²) in [6.07, 6.45) is 0. The van der Waals surface area contributed by atoms with E-state index in [1.165, 1.54) is 35.2 Å². The number of hydrogen-bond acceptors (Lipinski definition) is 4. The Balaban J connectivity index is 1.97. The number of aliphatic hydroxyl groups is 1. The lowest BCUT2D eigenvalue weighted by Gasteiger charge is -2.26. The van der Waals surface area contributed by atoms with Crippen molar-refractivity contribution >= 4 is 34.7 Å². The minimum Gasteiger partial charge on any atom is -0.507 e. The first-order valence-electron chi connectivity index (χ1n) is 10.4. The van der Waals surface area contributed by atoms with Gasteiger partial charge in [-0.3, -0.25) is 14.5 Å². The molecule has 168 valence electrons. The summed E-state index contributed by atoms with van der Waals surface area (Å²) in [7, 11) is 0. The minimum absolute atomic E-state index is 0.134. The molecule has 1 amide bonds.